The van der Waals surface area contributed by atoms with Gasteiger partial charge in [-0.2, -0.15) is 0 Å². The van der Waals surface area contributed by atoms with Crippen LogP contribution < -0.4 is 4.72 Å². The van der Waals surface area contributed by atoms with Crippen molar-refractivity contribution in [1.29, 1.82) is 0 Å². The third-order valence-electron chi connectivity index (χ3n) is 6.34. The summed E-state index contributed by atoms with van der Waals surface area (Å²) >= 11 is 0. The van der Waals surface area contributed by atoms with Crippen molar-refractivity contribution in [1.82, 2.24) is 4.72 Å². The highest BCUT2D eigenvalue weighted by atomic mass is 32.2. The molecule has 0 aliphatic heterocycles. The lowest BCUT2D eigenvalue weighted by Gasteiger charge is -2.46. The first-order valence-corrected chi connectivity index (χ1v) is 11.3. The van der Waals surface area contributed by atoms with E-state index in [-0.39, 0.29) is 5.41 Å². The smallest absolute Gasteiger partial charge is 0.215 e. The molecular weight excluding hydrogens is 330 g/mol. The normalized spacial score (nSPS) is 13.2. The summed E-state index contributed by atoms with van der Waals surface area (Å²) in [5.74, 6) is 0. The first kappa shape index (κ1) is 22.2. The van der Waals surface area contributed by atoms with Crippen LogP contribution in [0.4, 0.5) is 0 Å². The van der Waals surface area contributed by atoms with Crippen LogP contribution >= 0.6 is 0 Å². The molecule has 3 nitrogen and oxygen atoms in total. The summed E-state index contributed by atoms with van der Waals surface area (Å²) < 4.78 is 28.6. The molecule has 0 unspecified atom stereocenters. The van der Waals surface area contributed by atoms with E-state index < -0.39 is 14.8 Å². The van der Waals surface area contributed by atoms with Gasteiger partial charge in [0.15, 0.2) is 0 Å². The molecule has 1 aromatic rings. The number of aryl methyl sites for hydroxylation is 1. The van der Waals surface area contributed by atoms with Crippen molar-refractivity contribution in [2.75, 3.05) is 6.54 Å². The number of sulfonamides is 1. The summed E-state index contributed by atoms with van der Waals surface area (Å²) in [5.41, 5.74) is 1.11. The summed E-state index contributed by atoms with van der Waals surface area (Å²) in [6, 6.07) is 10.4. The minimum Gasteiger partial charge on any atom is -0.215 e. The van der Waals surface area contributed by atoms with Crippen LogP contribution in [-0.2, 0) is 16.4 Å². The van der Waals surface area contributed by atoms with Crippen molar-refractivity contribution >= 4 is 10.0 Å². The molecule has 0 fully saturated rings. The fourth-order valence-corrected chi connectivity index (χ4v) is 6.53. The predicted molar refractivity (Wildman–Crippen MR) is 108 cm³/mol. The number of benzene rings is 1. The molecule has 144 valence electrons. The van der Waals surface area contributed by atoms with Gasteiger partial charge in [-0.25, -0.2) is 13.1 Å². The Morgan fingerprint density at radius 3 is 1.92 bits per heavy atom. The topological polar surface area (TPSA) is 46.2 Å². The average Bonchev–Trinajstić information content (AvgIpc) is 2.63. The van der Waals surface area contributed by atoms with Gasteiger partial charge >= 0.3 is 0 Å². The summed E-state index contributed by atoms with van der Waals surface area (Å²) in [6.45, 7) is 10.9. The lowest BCUT2D eigenvalue weighted by molar-refractivity contribution is 0.178. The van der Waals surface area contributed by atoms with E-state index in [4.69, 9.17) is 0 Å². The minimum absolute atomic E-state index is 0.202. The molecule has 1 rings (SSSR count). The maximum Gasteiger partial charge on any atom is 0.217 e. The summed E-state index contributed by atoms with van der Waals surface area (Å²) in [4.78, 5) is 0. The van der Waals surface area contributed by atoms with Gasteiger partial charge in [0.2, 0.25) is 10.0 Å². The minimum atomic E-state index is -3.36. The number of unbranched alkanes of at least 4 members (excludes halogenated alkanes) is 1. The van der Waals surface area contributed by atoms with E-state index in [0.717, 1.165) is 32.1 Å². The van der Waals surface area contributed by atoms with Gasteiger partial charge in [0.25, 0.3) is 0 Å². The molecule has 0 radical (unpaired) electrons. The maximum absolute atomic E-state index is 13.2. The highest BCUT2D eigenvalue weighted by molar-refractivity contribution is 7.91. The van der Waals surface area contributed by atoms with Gasteiger partial charge in [-0.3, -0.25) is 0 Å². The molecule has 0 aliphatic carbocycles. The second kappa shape index (κ2) is 9.72. The Morgan fingerprint density at radius 2 is 1.44 bits per heavy atom. The fourth-order valence-electron chi connectivity index (χ4n) is 4.15. The van der Waals surface area contributed by atoms with E-state index in [1.165, 1.54) is 5.56 Å². The van der Waals surface area contributed by atoms with Gasteiger partial charge in [0.05, 0.1) is 4.75 Å². The lowest BCUT2D eigenvalue weighted by Crippen LogP contribution is -2.56. The zero-order valence-corrected chi connectivity index (χ0v) is 17.6. The van der Waals surface area contributed by atoms with E-state index in [1.54, 1.807) is 0 Å². The van der Waals surface area contributed by atoms with Crippen molar-refractivity contribution in [3.63, 3.8) is 0 Å². The van der Waals surface area contributed by atoms with Gasteiger partial charge < -0.3 is 0 Å². The Kier molecular flexibility index (Phi) is 8.62. The summed E-state index contributed by atoms with van der Waals surface area (Å²) in [7, 11) is -3.36. The molecular formula is C21H37NO2S. The quantitative estimate of drug-likeness (QED) is 0.509. The van der Waals surface area contributed by atoms with Crippen LogP contribution in [0.15, 0.2) is 30.3 Å². The van der Waals surface area contributed by atoms with E-state index >= 15 is 0 Å². The first-order valence-electron chi connectivity index (χ1n) is 9.85. The van der Waals surface area contributed by atoms with Crippen molar-refractivity contribution in [2.24, 2.45) is 5.41 Å². The summed E-state index contributed by atoms with van der Waals surface area (Å²) in [6.07, 6.45) is 5.92. The molecule has 0 aromatic heterocycles. The second-order valence-electron chi connectivity index (χ2n) is 7.31. The highest BCUT2D eigenvalue weighted by Crippen LogP contribution is 2.47. The van der Waals surface area contributed by atoms with Gasteiger partial charge in [0.1, 0.15) is 0 Å². The van der Waals surface area contributed by atoms with Crippen LogP contribution in [0.3, 0.4) is 0 Å². The van der Waals surface area contributed by atoms with Gasteiger partial charge in [0, 0.05) is 6.54 Å². The molecule has 1 N–H and O–H groups in total. The number of nitrogens with one attached hydrogen (secondary N) is 1. The zero-order chi connectivity index (χ0) is 19.0. The van der Waals surface area contributed by atoms with E-state index in [9.17, 15) is 8.42 Å². The molecule has 0 aliphatic rings. The van der Waals surface area contributed by atoms with Crippen LogP contribution in [0.25, 0.3) is 0 Å². The Balaban J connectivity index is 2.70. The largest absolute Gasteiger partial charge is 0.217 e. The molecule has 0 saturated heterocycles. The third kappa shape index (κ3) is 4.85. The summed E-state index contributed by atoms with van der Waals surface area (Å²) in [5, 5.41) is 0. The zero-order valence-electron chi connectivity index (χ0n) is 16.8. The van der Waals surface area contributed by atoms with Crippen LogP contribution in [0.1, 0.15) is 78.7 Å². The van der Waals surface area contributed by atoms with Gasteiger partial charge in [-0.05, 0) is 55.9 Å². The Bertz CT molecular complexity index is 588. The van der Waals surface area contributed by atoms with Crippen LogP contribution in [0.2, 0.25) is 0 Å². The molecule has 0 spiro atoms. The highest BCUT2D eigenvalue weighted by Gasteiger charge is 2.52. The number of hydrogen-bond acceptors (Lipinski definition) is 2. The Labute approximate surface area is 155 Å². The maximum atomic E-state index is 13.2. The van der Waals surface area contributed by atoms with Crippen LogP contribution in [0.5, 0.6) is 0 Å². The molecule has 25 heavy (non-hydrogen) atoms. The van der Waals surface area contributed by atoms with E-state index in [1.807, 2.05) is 32.0 Å². The van der Waals surface area contributed by atoms with Crippen molar-refractivity contribution < 1.29 is 8.42 Å². The van der Waals surface area contributed by atoms with Crippen LogP contribution in [0, 0.1) is 5.41 Å². The molecule has 4 heteroatoms. The van der Waals surface area contributed by atoms with Crippen molar-refractivity contribution in [3.8, 4) is 0 Å². The number of rotatable bonds is 12. The molecule has 0 atom stereocenters. The second-order valence-corrected chi connectivity index (χ2v) is 9.39. The molecule has 1 aromatic carbocycles. The van der Waals surface area contributed by atoms with Crippen LogP contribution in [-0.4, -0.2) is 19.7 Å². The first-order chi connectivity index (χ1) is 11.8. The monoisotopic (exact) mass is 367 g/mol. The van der Waals surface area contributed by atoms with E-state index in [0.29, 0.717) is 19.4 Å². The van der Waals surface area contributed by atoms with Crippen molar-refractivity contribution in [3.05, 3.63) is 35.9 Å². The molecule has 0 bridgehead atoms. The number of hydrogen-bond donors (Lipinski definition) is 1. The molecule has 0 amide bonds. The predicted octanol–water partition coefficient (Wildman–Crippen LogP) is 5.31. The Hall–Kier alpha value is -0.870. The van der Waals surface area contributed by atoms with Gasteiger partial charge in [-0.1, -0.05) is 65.0 Å². The Morgan fingerprint density at radius 1 is 0.880 bits per heavy atom. The third-order valence-corrected chi connectivity index (χ3v) is 9.03. The average molecular weight is 368 g/mol. The fraction of sp³-hybridized carbons (Fsp3) is 0.714. The van der Waals surface area contributed by atoms with Gasteiger partial charge in [-0.15, -0.1) is 0 Å². The van der Waals surface area contributed by atoms with E-state index in [2.05, 4.69) is 37.6 Å². The molecule has 0 saturated carbocycles. The standard InChI is InChI=1S/C21H37NO2S/c1-6-20(5,7-2)21(8-3,9-4)25(23,24)22-18-14-13-17-19-15-11-10-12-16-19/h10-12,15-16,22H,6-9,13-14,17-18H2,1-5H3. The molecule has 0 heterocycles. The SMILES string of the molecule is CCC(C)(CC)C(CC)(CC)S(=O)(=O)NCCCCc1ccccc1. The lowest BCUT2D eigenvalue weighted by atomic mass is 9.69. The van der Waals surface area contributed by atoms with Crippen molar-refractivity contribution in [2.45, 2.75) is 84.3 Å².